The fourth-order valence-electron chi connectivity index (χ4n) is 2.24. The third kappa shape index (κ3) is 5.04. The minimum atomic E-state index is -0.235. The van der Waals surface area contributed by atoms with Crippen LogP contribution in [-0.2, 0) is 9.59 Å². The molecule has 0 spiro atoms. The number of carbonyl (C=O) groups excluding carboxylic acids is 2. The van der Waals surface area contributed by atoms with Gasteiger partial charge in [-0.3, -0.25) is 9.59 Å². The average molecular weight is 312 g/mol. The van der Waals surface area contributed by atoms with Crippen LogP contribution in [-0.4, -0.2) is 41.4 Å². The van der Waals surface area contributed by atoms with Gasteiger partial charge in [0.15, 0.2) is 0 Å². The molecule has 1 fully saturated rings. The van der Waals surface area contributed by atoms with Gasteiger partial charge < -0.3 is 15.1 Å². The molecule has 1 aliphatic rings. The standard InChI is InChI=1S/C13H20N4O3S/c1-14-10(18)7-15-11(19)8-21-13-17-16-12(20-13)9-5-3-2-4-6-9/h9H,2-8H2,1H3,(H,14,18)(H,15,19). The number of carbonyl (C=O) groups is 2. The maximum atomic E-state index is 11.5. The van der Waals surface area contributed by atoms with Crippen LogP contribution in [0.15, 0.2) is 9.64 Å². The lowest BCUT2D eigenvalue weighted by atomic mass is 9.89. The molecule has 2 N–H and O–H groups in total. The van der Waals surface area contributed by atoms with Crippen LogP contribution in [0.3, 0.4) is 0 Å². The molecule has 1 heterocycles. The summed E-state index contributed by atoms with van der Waals surface area (Å²) in [6.07, 6.45) is 5.88. The number of rotatable bonds is 6. The van der Waals surface area contributed by atoms with Gasteiger partial charge in [-0.2, -0.15) is 0 Å². The fourth-order valence-corrected chi connectivity index (χ4v) is 2.84. The van der Waals surface area contributed by atoms with Crippen LogP contribution >= 0.6 is 11.8 Å². The van der Waals surface area contributed by atoms with E-state index in [0.717, 1.165) is 12.8 Å². The van der Waals surface area contributed by atoms with Crippen molar-refractivity contribution in [2.75, 3.05) is 19.3 Å². The quantitative estimate of drug-likeness (QED) is 0.763. The molecule has 116 valence electrons. The Kier molecular flexibility index (Phi) is 6.04. The van der Waals surface area contributed by atoms with Gasteiger partial charge in [0.1, 0.15) is 0 Å². The van der Waals surface area contributed by atoms with Crippen LogP contribution in [0.2, 0.25) is 0 Å². The van der Waals surface area contributed by atoms with Gasteiger partial charge in [0.2, 0.25) is 17.7 Å². The molecule has 7 nitrogen and oxygen atoms in total. The first-order chi connectivity index (χ1) is 10.2. The lowest BCUT2D eigenvalue weighted by Crippen LogP contribution is -2.35. The molecule has 1 saturated carbocycles. The van der Waals surface area contributed by atoms with Gasteiger partial charge in [-0.15, -0.1) is 10.2 Å². The Balaban J connectivity index is 1.74. The zero-order valence-electron chi connectivity index (χ0n) is 12.1. The number of nitrogens with zero attached hydrogens (tertiary/aromatic N) is 2. The summed E-state index contributed by atoms with van der Waals surface area (Å²) < 4.78 is 5.60. The summed E-state index contributed by atoms with van der Waals surface area (Å²) >= 11 is 1.19. The molecule has 0 bridgehead atoms. The van der Waals surface area contributed by atoms with E-state index in [1.807, 2.05) is 0 Å². The highest BCUT2D eigenvalue weighted by Crippen LogP contribution is 2.32. The monoisotopic (exact) mass is 312 g/mol. The van der Waals surface area contributed by atoms with Crippen molar-refractivity contribution in [2.24, 2.45) is 0 Å². The molecule has 2 amide bonds. The summed E-state index contributed by atoms with van der Waals surface area (Å²) in [5, 5.41) is 13.4. The number of hydrogen-bond acceptors (Lipinski definition) is 6. The Morgan fingerprint density at radius 2 is 2.00 bits per heavy atom. The Hall–Kier alpha value is -1.57. The highest BCUT2D eigenvalue weighted by Gasteiger charge is 2.21. The minimum Gasteiger partial charge on any atom is -0.416 e. The second-order valence-corrected chi connectivity index (χ2v) is 5.91. The smallest absolute Gasteiger partial charge is 0.277 e. The SMILES string of the molecule is CNC(=O)CNC(=O)CSc1nnc(C2CCCCC2)o1. The molecule has 1 aliphatic carbocycles. The van der Waals surface area contributed by atoms with E-state index in [-0.39, 0.29) is 24.1 Å². The van der Waals surface area contributed by atoms with E-state index in [9.17, 15) is 9.59 Å². The number of aromatic nitrogens is 2. The van der Waals surface area contributed by atoms with Crippen LogP contribution in [0, 0.1) is 0 Å². The van der Waals surface area contributed by atoms with Crippen LogP contribution in [0.4, 0.5) is 0 Å². The molecule has 8 heteroatoms. The molecule has 21 heavy (non-hydrogen) atoms. The van der Waals surface area contributed by atoms with E-state index in [0.29, 0.717) is 17.0 Å². The third-order valence-electron chi connectivity index (χ3n) is 3.43. The van der Waals surface area contributed by atoms with E-state index in [4.69, 9.17) is 4.42 Å². The molecule has 0 saturated heterocycles. The minimum absolute atomic E-state index is 0.0208. The second-order valence-electron chi connectivity index (χ2n) is 4.98. The van der Waals surface area contributed by atoms with Crippen LogP contribution in [0.25, 0.3) is 0 Å². The Morgan fingerprint density at radius 1 is 1.24 bits per heavy atom. The molecular weight excluding hydrogens is 292 g/mol. The van der Waals surface area contributed by atoms with Crippen molar-refractivity contribution >= 4 is 23.6 Å². The van der Waals surface area contributed by atoms with Gasteiger partial charge in [-0.25, -0.2) is 0 Å². The molecule has 1 aromatic heterocycles. The van der Waals surface area contributed by atoms with Gasteiger partial charge in [0.25, 0.3) is 5.22 Å². The molecule has 2 rings (SSSR count). The molecule has 0 aromatic carbocycles. The predicted octanol–water partition coefficient (Wildman–Crippen LogP) is 1.07. The first-order valence-electron chi connectivity index (χ1n) is 7.12. The summed E-state index contributed by atoms with van der Waals surface area (Å²) in [7, 11) is 1.52. The molecule has 0 aliphatic heterocycles. The Morgan fingerprint density at radius 3 is 2.71 bits per heavy atom. The van der Waals surface area contributed by atoms with Crippen molar-refractivity contribution in [2.45, 2.75) is 43.2 Å². The van der Waals surface area contributed by atoms with Crippen LogP contribution in [0.5, 0.6) is 0 Å². The first-order valence-corrected chi connectivity index (χ1v) is 8.11. The second kappa shape index (κ2) is 8.02. The van der Waals surface area contributed by atoms with Gasteiger partial charge in [-0.05, 0) is 12.8 Å². The Labute approximate surface area is 127 Å². The summed E-state index contributed by atoms with van der Waals surface area (Å²) in [4.78, 5) is 22.5. The van der Waals surface area contributed by atoms with E-state index >= 15 is 0 Å². The molecule has 0 radical (unpaired) electrons. The highest BCUT2D eigenvalue weighted by molar-refractivity contribution is 7.99. The number of hydrogen-bond donors (Lipinski definition) is 2. The number of likely N-dealkylation sites (N-methyl/N-ethyl adjacent to an activating group) is 1. The van der Waals surface area contributed by atoms with Crippen molar-refractivity contribution in [1.82, 2.24) is 20.8 Å². The van der Waals surface area contributed by atoms with E-state index in [1.54, 1.807) is 0 Å². The number of nitrogens with one attached hydrogen (secondary N) is 2. The number of thioether (sulfide) groups is 1. The summed E-state index contributed by atoms with van der Waals surface area (Å²) in [5.41, 5.74) is 0. The first kappa shape index (κ1) is 15.8. The van der Waals surface area contributed by atoms with Crippen molar-refractivity contribution in [3.63, 3.8) is 0 Å². The van der Waals surface area contributed by atoms with E-state index < -0.39 is 0 Å². The average Bonchev–Trinajstić information content (AvgIpc) is 3.00. The predicted molar refractivity (Wildman–Crippen MR) is 77.9 cm³/mol. The molecule has 0 atom stereocenters. The van der Waals surface area contributed by atoms with E-state index in [2.05, 4.69) is 20.8 Å². The molecule has 0 unspecified atom stereocenters. The summed E-state index contributed by atoms with van der Waals surface area (Å²) in [6, 6.07) is 0. The van der Waals surface area contributed by atoms with Crippen LogP contribution in [0.1, 0.15) is 43.9 Å². The largest absolute Gasteiger partial charge is 0.416 e. The van der Waals surface area contributed by atoms with Gasteiger partial charge in [-0.1, -0.05) is 31.0 Å². The topological polar surface area (TPSA) is 97.1 Å². The Bertz CT molecular complexity index is 486. The van der Waals surface area contributed by atoms with Crippen molar-refractivity contribution < 1.29 is 14.0 Å². The lowest BCUT2D eigenvalue weighted by molar-refractivity contribution is -0.124. The summed E-state index contributed by atoms with van der Waals surface area (Å²) in [6.45, 7) is -0.0208. The van der Waals surface area contributed by atoms with Crippen molar-refractivity contribution in [3.8, 4) is 0 Å². The maximum Gasteiger partial charge on any atom is 0.277 e. The van der Waals surface area contributed by atoms with Crippen molar-refractivity contribution in [1.29, 1.82) is 0 Å². The zero-order valence-corrected chi connectivity index (χ0v) is 12.9. The van der Waals surface area contributed by atoms with Gasteiger partial charge in [0, 0.05) is 13.0 Å². The highest BCUT2D eigenvalue weighted by atomic mass is 32.2. The third-order valence-corrected chi connectivity index (χ3v) is 4.25. The zero-order chi connectivity index (χ0) is 15.1. The van der Waals surface area contributed by atoms with Gasteiger partial charge in [0.05, 0.1) is 12.3 Å². The number of amides is 2. The van der Waals surface area contributed by atoms with E-state index in [1.165, 1.54) is 38.1 Å². The fraction of sp³-hybridized carbons (Fsp3) is 0.692. The van der Waals surface area contributed by atoms with Crippen LogP contribution < -0.4 is 10.6 Å². The maximum absolute atomic E-state index is 11.5. The van der Waals surface area contributed by atoms with Crippen molar-refractivity contribution in [3.05, 3.63) is 5.89 Å². The van der Waals surface area contributed by atoms with Gasteiger partial charge >= 0.3 is 0 Å². The molecular formula is C13H20N4O3S. The lowest BCUT2D eigenvalue weighted by Gasteiger charge is -2.17. The normalized spacial score (nSPS) is 15.7. The molecule has 1 aromatic rings. The summed E-state index contributed by atoms with van der Waals surface area (Å²) in [5.74, 6) is 0.737.